The minimum Gasteiger partial charge on any atom is -0.302 e. The molecule has 0 atom stereocenters. The molecule has 0 aliphatic heterocycles. The van der Waals surface area contributed by atoms with Gasteiger partial charge in [-0.25, -0.2) is 4.98 Å². The highest BCUT2D eigenvalue weighted by atomic mass is 32.2. The largest absolute Gasteiger partial charge is 0.302 e. The van der Waals surface area contributed by atoms with Gasteiger partial charge in [-0.05, 0) is 55.0 Å². The van der Waals surface area contributed by atoms with Gasteiger partial charge in [0.2, 0.25) is 5.91 Å². The summed E-state index contributed by atoms with van der Waals surface area (Å²) in [5, 5.41) is 3.58. The van der Waals surface area contributed by atoms with Crippen LogP contribution in [0.25, 0.3) is 10.2 Å². The van der Waals surface area contributed by atoms with Crippen molar-refractivity contribution in [1.29, 1.82) is 0 Å². The van der Waals surface area contributed by atoms with Gasteiger partial charge in [-0.15, -0.1) is 11.8 Å². The van der Waals surface area contributed by atoms with Crippen molar-refractivity contribution in [2.45, 2.75) is 25.2 Å². The lowest BCUT2D eigenvalue weighted by Crippen LogP contribution is -2.14. The molecule has 0 radical (unpaired) electrons. The van der Waals surface area contributed by atoms with Crippen LogP contribution in [0.5, 0.6) is 0 Å². The topological polar surface area (TPSA) is 42.0 Å². The minimum absolute atomic E-state index is 0.0321. The van der Waals surface area contributed by atoms with Crippen molar-refractivity contribution >= 4 is 44.4 Å². The number of aryl methyl sites for hydroxylation is 2. The Balaban J connectivity index is 1.73. The molecule has 2 aromatic carbocycles. The summed E-state index contributed by atoms with van der Waals surface area (Å²) in [6.07, 6.45) is 2.40. The van der Waals surface area contributed by atoms with E-state index in [0.717, 1.165) is 15.8 Å². The zero-order chi connectivity index (χ0) is 16.4. The van der Waals surface area contributed by atoms with Gasteiger partial charge in [0.15, 0.2) is 5.13 Å². The Hall–Kier alpha value is -1.85. The smallest absolute Gasteiger partial charge is 0.230 e. The van der Waals surface area contributed by atoms with Gasteiger partial charge in [-0.3, -0.25) is 4.79 Å². The number of benzene rings is 2. The fraction of sp³-hybridized carbons (Fsp3) is 0.222. The second-order valence-corrected chi connectivity index (χ2v) is 7.36. The number of rotatable bonds is 4. The summed E-state index contributed by atoms with van der Waals surface area (Å²) in [6, 6.07) is 12.2. The van der Waals surface area contributed by atoms with E-state index in [1.807, 2.05) is 30.5 Å². The molecule has 3 nitrogen and oxygen atoms in total. The third kappa shape index (κ3) is 3.57. The molecule has 0 aliphatic rings. The van der Waals surface area contributed by atoms with Crippen LogP contribution in [-0.2, 0) is 11.2 Å². The van der Waals surface area contributed by atoms with Crippen molar-refractivity contribution in [2.24, 2.45) is 0 Å². The summed E-state index contributed by atoms with van der Waals surface area (Å²) in [4.78, 5) is 18.0. The number of hydrogen-bond acceptors (Lipinski definition) is 4. The van der Waals surface area contributed by atoms with Crippen molar-refractivity contribution in [1.82, 2.24) is 4.98 Å². The zero-order valence-corrected chi connectivity index (χ0v) is 15.0. The van der Waals surface area contributed by atoms with Crippen LogP contribution in [0.3, 0.4) is 0 Å². The summed E-state index contributed by atoms with van der Waals surface area (Å²) in [5.74, 6) is -0.0321. The molecule has 1 amide bonds. The number of fused-ring (bicyclic) bond motifs is 1. The van der Waals surface area contributed by atoms with E-state index in [1.54, 1.807) is 11.8 Å². The van der Waals surface area contributed by atoms with Crippen molar-refractivity contribution < 1.29 is 4.79 Å². The lowest BCUT2D eigenvalue weighted by Gasteiger charge is -2.03. The van der Waals surface area contributed by atoms with Crippen LogP contribution < -0.4 is 5.32 Å². The number of carbonyl (C=O) groups is 1. The molecule has 0 fully saturated rings. The van der Waals surface area contributed by atoms with E-state index in [0.29, 0.717) is 11.6 Å². The maximum atomic E-state index is 12.2. The first-order valence-corrected chi connectivity index (χ1v) is 9.40. The number of amides is 1. The quantitative estimate of drug-likeness (QED) is 0.691. The summed E-state index contributed by atoms with van der Waals surface area (Å²) in [6.45, 7) is 4.14. The maximum Gasteiger partial charge on any atom is 0.230 e. The molecule has 5 heteroatoms. The van der Waals surface area contributed by atoms with Gasteiger partial charge in [0.1, 0.15) is 0 Å². The number of nitrogens with zero attached hydrogens (tertiary/aromatic N) is 1. The van der Waals surface area contributed by atoms with Crippen LogP contribution in [-0.4, -0.2) is 17.1 Å². The van der Waals surface area contributed by atoms with Crippen molar-refractivity contribution in [3.05, 3.63) is 53.1 Å². The van der Waals surface area contributed by atoms with Crippen LogP contribution >= 0.6 is 23.1 Å². The highest BCUT2D eigenvalue weighted by molar-refractivity contribution is 7.98. The molecule has 3 aromatic rings. The van der Waals surface area contributed by atoms with Crippen LogP contribution in [0, 0.1) is 13.8 Å². The fourth-order valence-corrected chi connectivity index (χ4v) is 3.72. The highest BCUT2D eigenvalue weighted by Gasteiger charge is 2.11. The standard InChI is InChI=1S/C18H18N2OS2/c1-11-4-9-15-17(12(11)2)20-18(23-15)19-16(21)10-13-5-7-14(22-3)8-6-13/h4-9H,10H2,1-3H3,(H,19,20,21). The second kappa shape index (κ2) is 6.72. The summed E-state index contributed by atoms with van der Waals surface area (Å²) < 4.78 is 1.10. The third-order valence-electron chi connectivity index (χ3n) is 3.85. The Bertz CT molecular complexity index is 853. The van der Waals surface area contributed by atoms with Gasteiger partial charge in [0.25, 0.3) is 0 Å². The predicted molar refractivity (Wildman–Crippen MR) is 99.7 cm³/mol. The average molecular weight is 342 g/mol. The van der Waals surface area contributed by atoms with E-state index in [9.17, 15) is 4.79 Å². The molecule has 0 spiro atoms. The SMILES string of the molecule is CSc1ccc(CC(=O)Nc2nc3c(C)c(C)ccc3s2)cc1. The third-order valence-corrected chi connectivity index (χ3v) is 5.53. The van der Waals surface area contributed by atoms with E-state index in [-0.39, 0.29) is 5.91 Å². The molecular formula is C18H18N2OS2. The Morgan fingerprint density at radius 3 is 2.61 bits per heavy atom. The highest BCUT2D eigenvalue weighted by Crippen LogP contribution is 2.29. The first-order chi connectivity index (χ1) is 11.1. The van der Waals surface area contributed by atoms with Crippen molar-refractivity contribution in [3.8, 4) is 0 Å². The van der Waals surface area contributed by atoms with E-state index in [4.69, 9.17) is 0 Å². The Labute approximate surface area is 144 Å². The molecule has 0 saturated carbocycles. The lowest BCUT2D eigenvalue weighted by atomic mass is 10.1. The number of thiazole rings is 1. The van der Waals surface area contributed by atoms with Gasteiger partial charge < -0.3 is 5.32 Å². The number of anilines is 1. The number of hydrogen-bond donors (Lipinski definition) is 1. The van der Waals surface area contributed by atoms with Gasteiger partial charge >= 0.3 is 0 Å². The normalized spacial score (nSPS) is 10.9. The van der Waals surface area contributed by atoms with E-state index < -0.39 is 0 Å². The Morgan fingerprint density at radius 2 is 1.91 bits per heavy atom. The molecule has 0 bridgehead atoms. The van der Waals surface area contributed by atoms with Gasteiger partial charge in [0, 0.05) is 4.90 Å². The molecule has 23 heavy (non-hydrogen) atoms. The lowest BCUT2D eigenvalue weighted by molar-refractivity contribution is -0.115. The van der Waals surface area contributed by atoms with Crippen LogP contribution in [0.1, 0.15) is 16.7 Å². The van der Waals surface area contributed by atoms with Gasteiger partial charge in [-0.1, -0.05) is 29.5 Å². The molecule has 1 aromatic heterocycles. The van der Waals surface area contributed by atoms with E-state index in [1.165, 1.54) is 27.4 Å². The summed E-state index contributed by atoms with van der Waals surface area (Å²) in [7, 11) is 0. The summed E-state index contributed by atoms with van der Waals surface area (Å²) in [5.41, 5.74) is 4.38. The number of aromatic nitrogens is 1. The van der Waals surface area contributed by atoms with Crippen molar-refractivity contribution in [3.63, 3.8) is 0 Å². The van der Waals surface area contributed by atoms with Crippen LogP contribution in [0.4, 0.5) is 5.13 Å². The number of nitrogens with one attached hydrogen (secondary N) is 1. The molecule has 1 heterocycles. The first-order valence-electron chi connectivity index (χ1n) is 7.36. The molecule has 0 aliphatic carbocycles. The van der Waals surface area contributed by atoms with Crippen molar-refractivity contribution in [2.75, 3.05) is 11.6 Å². The Kier molecular flexibility index (Phi) is 4.68. The van der Waals surface area contributed by atoms with Gasteiger partial charge in [-0.2, -0.15) is 0 Å². The molecule has 1 N–H and O–H groups in total. The second-order valence-electron chi connectivity index (χ2n) is 5.45. The summed E-state index contributed by atoms with van der Waals surface area (Å²) >= 11 is 3.21. The molecule has 0 saturated heterocycles. The fourth-order valence-electron chi connectivity index (χ4n) is 2.37. The first kappa shape index (κ1) is 16.0. The predicted octanol–water partition coefficient (Wildman–Crippen LogP) is 4.82. The molecular weight excluding hydrogens is 324 g/mol. The number of thioether (sulfide) groups is 1. The molecule has 118 valence electrons. The zero-order valence-electron chi connectivity index (χ0n) is 13.3. The minimum atomic E-state index is -0.0321. The Morgan fingerprint density at radius 1 is 1.17 bits per heavy atom. The maximum absolute atomic E-state index is 12.2. The molecule has 0 unspecified atom stereocenters. The number of carbonyl (C=O) groups excluding carboxylic acids is 1. The van der Waals surface area contributed by atoms with Crippen LogP contribution in [0.15, 0.2) is 41.3 Å². The van der Waals surface area contributed by atoms with Gasteiger partial charge in [0.05, 0.1) is 16.6 Å². The van der Waals surface area contributed by atoms with Crippen LogP contribution in [0.2, 0.25) is 0 Å². The van der Waals surface area contributed by atoms with E-state index >= 15 is 0 Å². The van der Waals surface area contributed by atoms with E-state index in [2.05, 4.69) is 36.3 Å². The average Bonchev–Trinajstić information content (AvgIpc) is 2.95. The molecule has 3 rings (SSSR count). The monoisotopic (exact) mass is 342 g/mol.